The molecule has 29 heavy (non-hydrogen) atoms. The zero-order valence-corrected chi connectivity index (χ0v) is 18.1. The summed E-state index contributed by atoms with van der Waals surface area (Å²) in [5, 5.41) is 11.1. The number of aliphatic hydroxyl groups is 1. The van der Waals surface area contributed by atoms with E-state index in [0.717, 1.165) is 10.0 Å². The second-order valence-electron chi connectivity index (χ2n) is 7.05. The van der Waals surface area contributed by atoms with E-state index in [2.05, 4.69) is 15.9 Å². The number of Topliss-reactive ketones (excluding diaryl/α,β-unsaturated/α-hetero) is 1. The second-order valence-corrected chi connectivity index (χ2v) is 7.96. The van der Waals surface area contributed by atoms with Gasteiger partial charge in [-0.3, -0.25) is 9.59 Å². The monoisotopic (exact) mass is 458 g/mol. The molecule has 0 saturated carbocycles. The first kappa shape index (κ1) is 21.1. The van der Waals surface area contributed by atoms with E-state index in [1.165, 1.54) is 12.0 Å². The molecule has 1 fully saturated rings. The number of likely N-dealkylation sites (tertiary alicyclic amines) is 1. The van der Waals surface area contributed by atoms with Gasteiger partial charge in [0.2, 0.25) is 0 Å². The summed E-state index contributed by atoms with van der Waals surface area (Å²) in [6.07, 6.45) is 0. The molecule has 152 valence electrons. The Labute approximate surface area is 178 Å². The molecule has 1 unspecified atom stereocenters. The van der Waals surface area contributed by atoms with Crippen molar-refractivity contribution in [3.63, 3.8) is 0 Å². The molecule has 0 radical (unpaired) electrons. The van der Waals surface area contributed by atoms with Gasteiger partial charge >= 0.3 is 0 Å². The fourth-order valence-electron chi connectivity index (χ4n) is 3.40. The van der Waals surface area contributed by atoms with Gasteiger partial charge in [-0.15, -0.1) is 0 Å². The minimum absolute atomic E-state index is 0.0700. The minimum Gasteiger partial charge on any atom is -0.507 e. The molecule has 1 atom stereocenters. The van der Waals surface area contributed by atoms with Crippen LogP contribution in [0.3, 0.4) is 0 Å². The topological polar surface area (TPSA) is 70.1 Å². The van der Waals surface area contributed by atoms with Crippen molar-refractivity contribution in [2.24, 2.45) is 0 Å². The summed E-state index contributed by atoms with van der Waals surface area (Å²) in [6, 6.07) is 13.6. The van der Waals surface area contributed by atoms with Crippen LogP contribution < -0.4 is 4.74 Å². The van der Waals surface area contributed by atoms with Gasteiger partial charge in [0, 0.05) is 17.6 Å². The van der Waals surface area contributed by atoms with Gasteiger partial charge in [-0.05, 0) is 43.9 Å². The maximum atomic E-state index is 13.0. The summed E-state index contributed by atoms with van der Waals surface area (Å²) in [7, 11) is 5.30. The number of aliphatic hydroxyl groups excluding tert-OH is 1. The number of hydrogen-bond acceptors (Lipinski definition) is 5. The van der Waals surface area contributed by atoms with Crippen molar-refractivity contribution in [3.8, 4) is 5.75 Å². The van der Waals surface area contributed by atoms with Crippen LogP contribution in [0.1, 0.15) is 17.2 Å². The predicted molar refractivity (Wildman–Crippen MR) is 115 cm³/mol. The van der Waals surface area contributed by atoms with Gasteiger partial charge in [-0.25, -0.2) is 0 Å². The molecule has 2 aromatic carbocycles. The SMILES string of the molecule is COc1ccccc1/C(O)=C1\C(=O)C(=O)N(CCN(C)C)C1c1ccc(Br)cc1. The highest BCUT2D eigenvalue weighted by atomic mass is 79.9. The average Bonchev–Trinajstić information content (AvgIpc) is 2.97. The smallest absolute Gasteiger partial charge is 0.295 e. The van der Waals surface area contributed by atoms with Crippen molar-refractivity contribution in [3.05, 3.63) is 69.7 Å². The molecule has 7 heteroatoms. The highest BCUT2D eigenvalue weighted by Crippen LogP contribution is 2.40. The zero-order chi connectivity index (χ0) is 21.1. The van der Waals surface area contributed by atoms with Gasteiger partial charge in [0.25, 0.3) is 11.7 Å². The molecule has 2 aromatic rings. The molecule has 0 aromatic heterocycles. The van der Waals surface area contributed by atoms with Crippen LogP contribution in [0, 0.1) is 0 Å². The van der Waals surface area contributed by atoms with Gasteiger partial charge in [-0.1, -0.05) is 40.2 Å². The summed E-state index contributed by atoms with van der Waals surface area (Å²) in [4.78, 5) is 29.3. The number of methoxy groups -OCH3 is 1. The molecule has 1 aliphatic rings. The Morgan fingerprint density at radius 2 is 1.79 bits per heavy atom. The van der Waals surface area contributed by atoms with Gasteiger partial charge in [0.1, 0.15) is 11.5 Å². The summed E-state index contributed by atoms with van der Waals surface area (Å²) in [5.41, 5.74) is 1.20. The fraction of sp³-hybridized carbons (Fsp3) is 0.273. The number of nitrogens with zero attached hydrogens (tertiary/aromatic N) is 2. The number of para-hydroxylation sites is 1. The standard InChI is InChI=1S/C22H23BrN2O4/c1-24(2)12-13-25-19(14-8-10-15(23)11-9-14)18(21(27)22(25)28)20(26)16-6-4-5-7-17(16)29-3/h4-11,19,26H,12-13H2,1-3H3/b20-18+. The summed E-state index contributed by atoms with van der Waals surface area (Å²) >= 11 is 3.41. The van der Waals surface area contributed by atoms with E-state index in [9.17, 15) is 14.7 Å². The lowest BCUT2D eigenvalue weighted by atomic mass is 9.95. The van der Waals surface area contributed by atoms with Gasteiger partial charge in [0.15, 0.2) is 0 Å². The molecule has 0 spiro atoms. The number of benzene rings is 2. The number of carbonyl (C=O) groups excluding carboxylic acids is 2. The van der Waals surface area contributed by atoms with Crippen molar-refractivity contribution in [1.29, 1.82) is 0 Å². The molecule has 1 heterocycles. The van der Waals surface area contributed by atoms with Crippen LogP contribution in [0.5, 0.6) is 5.75 Å². The Morgan fingerprint density at radius 1 is 1.14 bits per heavy atom. The number of ether oxygens (including phenoxy) is 1. The van der Waals surface area contributed by atoms with Crippen LogP contribution >= 0.6 is 15.9 Å². The zero-order valence-electron chi connectivity index (χ0n) is 16.6. The Morgan fingerprint density at radius 3 is 2.41 bits per heavy atom. The van der Waals surface area contributed by atoms with Crippen LogP contribution in [0.15, 0.2) is 58.6 Å². The highest BCUT2D eigenvalue weighted by Gasteiger charge is 2.46. The lowest BCUT2D eigenvalue weighted by Gasteiger charge is -2.26. The number of rotatable bonds is 6. The van der Waals surface area contributed by atoms with E-state index < -0.39 is 17.7 Å². The Kier molecular flexibility index (Phi) is 6.39. The lowest BCUT2D eigenvalue weighted by molar-refractivity contribution is -0.140. The Balaban J connectivity index is 2.17. The van der Waals surface area contributed by atoms with Crippen molar-refractivity contribution in [2.75, 3.05) is 34.3 Å². The second kappa shape index (κ2) is 8.80. The highest BCUT2D eigenvalue weighted by molar-refractivity contribution is 9.10. The van der Waals surface area contributed by atoms with E-state index in [-0.39, 0.29) is 11.3 Å². The molecule has 1 N–H and O–H groups in total. The number of amides is 1. The van der Waals surface area contributed by atoms with Crippen molar-refractivity contribution in [2.45, 2.75) is 6.04 Å². The minimum atomic E-state index is -0.694. The molecular formula is C22H23BrN2O4. The lowest BCUT2D eigenvalue weighted by Crippen LogP contribution is -2.35. The normalized spacial score (nSPS) is 18.5. The molecule has 1 saturated heterocycles. The largest absolute Gasteiger partial charge is 0.507 e. The predicted octanol–water partition coefficient (Wildman–Crippen LogP) is 3.44. The number of likely N-dealkylation sites (N-methyl/N-ethyl adjacent to an activating group) is 1. The van der Waals surface area contributed by atoms with Gasteiger partial charge < -0.3 is 19.6 Å². The molecule has 0 bridgehead atoms. The van der Waals surface area contributed by atoms with Crippen molar-refractivity contribution in [1.82, 2.24) is 9.80 Å². The number of carbonyl (C=O) groups is 2. The molecular weight excluding hydrogens is 436 g/mol. The summed E-state index contributed by atoms with van der Waals surface area (Å²) < 4.78 is 6.22. The van der Waals surface area contributed by atoms with E-state index in [1.54, 1.807) is 24.3 Å². The third-order valence-electron chi connectivity index (χ3n) is 4.88. The summed E-state index contributed by atoms with van der Waals surface area (Å²) in [6.45, 7) is 0.954. The van der Waals surface area contributed by atoms with Crippen LogP contribution in [-0.2, 0) is 9.59 Å². The van der Waals surface area contributed by atoms with E-state index in [0.29, 0.717) is 24.4 Å². The maximum absolute atomic E-state index is 13.0. The van der Waals surface area contributed by atoms with E-state index in [4.69, 9.17) is 4.74 Å². The number of halogens is 1. The molecule has 0 aliphatic carbocycles. The van der Waals surface area contributed by atoms with E-state index in [1.807, 2.05) is 43.3 Å². The summed E-state index contributed by atoms with van der Waals surface area (Å²) in [5.74, 6) is -1.11. The van der Waals surface area contributed by atoms with E-state index >= 15 is 0 Å². The van der Waals surface area contributed by atoms with Gasteiger partial charge in [-0.2, -0.15) is 0 Å². The first-order chi connectivity index (χ1) is 13.8. The van der Waals surface area contributed by atoms with Crippen LogP contribution in [0.25, 0.3) is 5.76 Å². The van der Waals surface area contributed by atoms with Crippen molar-refractivity contribution < 1.29 is 19.4 Å². The maximum Gasteiger partial charge on any atom is 0.295 e. The first-order valence-electron chi connectivity index (χ1n) is 9.17. The molecule has 3 rings (SSSR count). The molecule has 1 amide bonds. The number of hydrogen-bond donors (Lipinski definition) is 1. The third-order valence-corrected chi connectivity index (χ3v) is 5.40. The fourth-order valence-corrected chi connectivity index (χ4v) is 3.66. The van der Waals surface area contributed by atoms with Crippen molar-refractivity contribution >= 4 is 33.4 Å². The average molecular weight is 459 g/mol. The quantitative estimate of drug-likeness (QED) is 0.407. The first-order valence-corrected chi connectivity index (χ1v) is 9.96. The molecule has 6 nitrogen and oxygen atoms in total. The van der Waals surface area contributed by atoms with Crippen LogP contribution in [-0.4, -0.2) is 60.9 Å². The molecule has 1 aliphatic heterocycles. The van der Waals surface area contributed by atoms with Crippen LogP contribution in [0.2, 0.25) is 0 Å². The number of ketones is 1. The Bertz CT molecular complexity index is 954. The third kappa shape index (κ3) is 4.21. The van der Waals surface area contributed by atoms with Crippen LogP contribution in [0.4, 0.5) is 0 Å². The van der Waals surface area contributed by atoms with Gasteiger partial charge in [0.05, 0.1) is 24.3 Å². The Hall–Kier alpha value is -2.64.